The van der Waals surface area contributed by atoms with Crippen molar-refractivity contribution in [3.8, 4) is 0 Å². The Hall–Kier alpha value is -0.920. The van der Waals surface area contributed by atoms with Crippen molar-refractivity contribution in [2.45, 2.75) is 26.2 Å². The van der Waals surface area contributed by atoms with Crippen LogP contribution >= 0.6 is 0 Å². The Morgan fingerprint density at radius 3 is 2.60 bits per heavy atom. The van der Waals surface area contributed by atoms with Crippen molar-refractivity contribution < 1.29 is 4.79 Å². The maximum absolute atomic E-state index is 10.6. The maximum Gasteiger partial charge on any atom is 0.155 e. The highest BCUT2D eigenvalue weighted by Gasteiger charge is 1.95. The molecule has 2 nitrogen and oxygen atoms in total. The molecule has 0 aliphatic rings. The van der Waals surface area contributed by atoms with E-state index >= 15 is 0 Å². The van der Waals surface area contributed by atoms with Crippen molar-refractivity contribution in [3.05, 3.63) is 12.7 Å². The minimum atomic E-state index is 0.0706. The Kier molecular flexibility index (Phi) is 4.46. The van der Waals surface area contributed by atoms with Crippen molar-refractivity contribution in [2.75, 3.05) is 0 Å². The fourth-order valence-electron chi connectivity index (χ4n) is 0.630. The lowest BCUT2D eigenvalue weighted by atomic mass is 10.1. The summed E-state index contributed by atoms with van der Waals surface area (Å²) in [4.78, 5) is 10.6. The predicted octanol–water partition coefficient (Wildman–Crippen LogP) is 1.95. The number of carbonyl (C=O) groups excluding carboxylic acids is 1. The average Bonchev–Trinajstić information content (AvgIpc) is 1.87. The molecule has 0 atom stereocenters. The van der Waals surface area contributed by atoms with Crippen LogP contribution in [-0.2, 0) is 4.79 Å². The van der Waals surface area contributed by atoms with E-state index in [1.165, 1.54) is 6.08 Å². The first kappa shape index (κ1) is 9.08. The zero-order valence-electron chi connectivity index (χ0n) is 6.31. The smallest absolute Gasteiger partial charge is 0.155 e. The van der Waals surface area contributed by atoms with Crippen LogP contribution in [0.15, 0.2) is 12.7 Å². The second-order valence-corrected chi connectivity index (χ2v) is 2.30. The van der Waals surface area contributed by atoms with Crippen LogP contribution in [0, 0.1) is 5.41 Å². The summed E-state index contributed by atoms with van der Waals surface area (Å²) in [5.41, 5.74) is 0.636. The second-order valence-electron chi connectivity index (χ2n) is 2.30. The van der Waals surface area contributed by atoms with Gasteiger partial charge in [0.15, 0.2) is 5.78 Å². The number of hydrogen-bond acceptors (Lipinski definition) is 2. The summed E-state index contributed by atoms with van der Waals surface area (Å²) >= 11 is 0. The third-order valence-electron chi connectivity index (χ3n) is 1.20. The molecule has 0 aromatic carbocycles. The molecular formula is C8H13NO. The van der Waals surface area contributed by atoms with E-state index in [9.17, 15) is 4.79 Å². The highest BCUT2D eigenvalue weighted by Crippen LogP contribution is 1.97. The summed E-state index contributed by atoms with van der Waals surface area (Å²) in [6.07, 6.45) is 3.36. The van der Waals surface area contributed by atoms with Crippen LogP contribution in [0.25, 0.3) is 0 Å². The Bertz CT molecular complexity index is 149. The van der Waals surface area contributed by atoms with Crippen LogP contribution in [0.2, 0.25) is 0 Å². The van der Waals surface area contributed by atoms with E-state index < -0.39 is 0 Å². The lowest BCUT2D eigenvalue weighted by molar-refractivity contribution is -0.114. The number of hydrogen-bond donors (Lipinski definition) is 1. The van der Waals surface area contributed by atoms with Gasteiger partial charge in [-0.05, 0) is 25.8 Å². The first-order valence-corrected chi connectivity index (χ1v) is 3.36. The van der Waals surface area contributed by atoms with Gasteiger partial charge in [0.25, 0.3) is 0 Å². The zero-order chi connectivity index (χ0) is 7.98. The molecule has 0 rings (SSSR count). The highest BCUT2D eigenvalue weighted by molar-refractivity contribution is 5.89. The van der Waals surface area contributed by atoms with Gasteiger partial charge in [-0.2, -0.15) is 0 Å². The van der Waals surface area contributed by atoms with Crippen LogP contribution in [0.3, 0.4) is 0 Å². The van der Waals surface area contributed by atoms with Crippen LogP contribution in [0.1, 0.15) is 26.2 Å². The van der Waals surface area contributed by atoms with Gasteiger partial charge in [-0.15, -0.1) is 0 Å². The first-order chi connectivity index (χ1) is 4.66. The van der Waals surface area contributed by atoms with E-state index in [-0.39, 0.29) is 5.78 Å². The molecule has 1 N–H and O–H groups in total. The third kappa shape index (κ3) is 5.22. The Labute approximate surface area is 61.5 Å². The standard InChI is InChI=1S/C8H13NO/c1-3-8(10)6-4-5-7(2)9/h3,9H,1,4-6H2,2H3. The Morgan fingerprint density at radius 2 is 2.20 bits per heavy atom. The van der Waals surface area contributed by atoms with Crippen molar-refractivity contribution in [1.29, 1.82) is 5.41 Å². The summed E-state index contributed by atoms with van der Waals surface area (Å²) < 4.78 is 0. The van der Waals surface area contributed by atoms with Gasteiger partial charge in [0.05, 0.1) is 0 Å². The van der Waals surface area contributed by atoms with Gasteiger partial charge in [0.2, 0.25) is 0 Å². The van der Waals surface area contributed by atoms with Gasteiger partial charge in [0.1, 0.15) is 0 Å². The van der Waals surface area contributed by atoms with Gasteiger partial charge in [-0.25, -0.2) is 0 Å². The van der Waals surface area contributed by atoms with Crippen LogP contribution in [0.4, 0.5) is 0 Å². The molecule has 0 aliphatic heterocycles. The summed E-state index contributed by atoms with van der Waals surface area (Å²) in [6.45, 7) is 5.10. The molecule has 0 aromatic heterocycles. The zero-order valence-corrected chi connectivity index (χ0v) is 6.31. The Morgan fingerprint density at radius 1 is 1.60 bits per heavy atom. The van der Waals surface area contributed by atoms with E-state index in [2.05, 4.69) is 6.58 Å². The van der Waals surface area contributed by atoms with Crippen molar-refractivity contribution in [2.24, 2.45) is 0 Å². The molecule has 0 heterocycles. The molecule has 0 bridgehead atoms. The first-order valence-electron chi connectivity index (χ1n) is 3.36. The quantitative estimate of drug-likeness (QED) is 0.459. The number of allylic oxidation sites excluding steroid dienone is 1. The lowest BCUT2D eigenvalue weighted by Crippen LogP contribution is -1.94. The van der Waals surface area contributed by atoms with E-state index in [1.54, 1.807) is 6.92 Å². The monoisotopic (exact) mass is 139 g/mol. The fraction of sp³-hybridized carbons (Fsp3) is 0.500. The van der Waals surface area contributed by atoms with E-state index in [4.69, 9.17) is 5.41 Å². The van der Waals surface area contributed by atoms with Crippen LogP contribution in [-0.4, -0.2) is 11.5 Å². The van der Waals surface area contributed by atoms with E-state index in [0.717, 1.165) is 12.8 Å². The molecule has 0 aromatic rings. The molecule has 2 heteroatoms. The van der Waals surface area contributed by atoms with Crippen molar-refractivity contribution in [1.82, 2.24) is 0 Å². The molecule has 0 unspecified atom stereocenters. The normalized spacial score (nSPS) is 8.90. The number of ketones is 1. The van der Waals surface area contributed by atoms with Gasteiger partial charge in [-0.1, -0.05) is 6.58 Å². The predicted molar refractivity (Wildman–Crippen MR) is 42.5 cm³/mol. The Balaban J connectivity index is 3.28. The molecular weight excluding hydrogens is 126 g/mol. The largest absolute Gasteiger partial charge is 0.310 e. The number of rotatable bonds is 5. The fourth-order valence-corrected chi connectivity index (χ4v) is 0.630. The van der Waals surface area contributed by atoms with Gasteiger partial charge >= 0.3 is 0 Å². The third-order valence-corrected chi connectivity index (χ3v) is 1.20. The molecule has 0 aliphatic carbocycles. The molecule has 0 spiro atoms. The second kappa shape index (κ2) is 4.91. The SMILES string of the molecule is C=CC(=O)CCCC(C)=N. The minimum absolute atomic E-state index is 0.0706. The molecule has 0 saturated carbocycles. The molecule has 0 fully saturated rings. The summed E-state index contributed by atoms with van der Waals surface area (Å²) in [5.74, 6) is 0.0706. The van der Waals surface area contributed by atoms with Crippen molar-refractivity contribution >= 4 is 11.5 Å². The molecule has 0 amide bonds. The lowest BCUT2D eigenvalue weighted by Gasteiger charge is -1.93. The number of nitrogens with one attached hydrogen (secondary N) is 1. The minimum Gasteiger partial charge on any atom is -0.310 e. The van der Waals surface area contributed by atoms with Crippen LogP contribution < -0.4 is 0 Å². The van der Waals surface area contributed by atoms with Gasteiger partial charge in [-0.3, -0.25) is 4.79 Å². The van der Waals surface area contributed by atoms with Gasteiger partial charge in [0, 0.05) is 12.1 Å². The van der Waals surface area contributed by atoms with Crippen LogP contribution in [0.5, 0.6) is 0 Å². The average molecular weight is 139 g/mol. The molecule has 56 valence electrons. The van der Waals surface area contributed by atoms with E-state index in [0.29, 0.717) is 12.1 Å². The molecule has 0 radical (unpaired) electrons. The topological polar surface area (TPSA) is 40.9 Å². The molecule has 10 heavy (non-hydrogen) atoms. The summed E-state index contributed by atoms with van der Waals surface area (Å²) in [7, 11) is 0. The summed E-state index contributed by atoms with van der Waals surface area (Å²) in [5, 5.41) is 7.06. The van der Waals surface area contributed by atoms with Crippen molar-refractivity contribution in [3.63, 3.8) is 0 Å². The highest BCUT2D eigenvalue weighted by atomic mass is 16.1. The molecule has 0 saturated heterocycles. The van der Waals surface area contributed by atoms with Gasteiger partial charge < -0.3 is 5.41 Å². The number of carbonyl (C=O) groups is 1. The van der Waals surface area contributed by atoms with E-state index in [1.807, 2.05) is 0 Å². The summed E-state index contributed by atoms with van der Waals surface area (Å²) in [6, 6.07) is 0. The maximum atomic E-state index is 10.6.